The lowest BCUT2D eigenvalue weighted by molar-refractivity contribution is 1.18. The number of hydrogen-bond acceptors (Lipinski definition) is 2. The van der Waals surface area contributed by atoms with Crippen LogP contribution in [0.4, 0.5) is 34.1 Å². The SMILES string of the molecule is c1ccc(N(c2ccccc2)c2cc(-c3ccc(-c4ccc(-c5ccc6c(c5)c5ccccc5n6-c5ccccc5)c(N(c5ccccc5)c5ccccc5)c4)c4ccccc34)ccc2-c2ccc3c(c2)c2ccccc2n3-c2ccccc2)cc1. The second-order valence-electron chi connectivity index (χ2n) is 22.0. The first-order chi connectivity index (χ1) is 42.7. The van der Waals surface area contributed by atoms with Crippen LogP contribution in [0, 0.1) is 0 Å². The molecule has 0 bridgehead atoms. The van der Waals surface area contributed by atoms with E-state index in [-0.39, 0.29) is 0 Å². The molecule has 0 amide bonds. The van der Waals surface area contributed by atoms with E-state index in [9.17, 15) is 0 Å². The molecule has 16 aromatic rings. The van der Waals surface area contributed by atoms with Crippen molar-refractivity contribution in [3.8, 4) is 55.9 Å². The van der Waals surface area contributed by atoms with Gasteiger partial charge in [0, 0.05) is 66.8 Å². The molecular formula is C82H56N4. The normalized spacial score (nSPS) is 11.5. The fraction of sp³-hybridized carbons (Fsp3) is 0. The molecule has 0 fully saturated rings. The third-order valence-electron chi connectivity index (χ3n) is 17.1. The van der Waals surface area contributed by atoms with Crippen molar-refractivity contribution in [1.29, 1.82) is 0 Å². The Balaban J connectivity index is 0.878. The predicted octanol–water partition coefficient (Wildman–Crippen LogP) is 22.6. The van der Waals surface area contributed by atoms with Crippen LogP contribution in [0.25, 0.3) is 110 Å². The maximum atomic E-state index is 2.42. The van der Waals surface area contributed by atoms with Gasteiger partial charge in [0.2, 0.25) is 0 Å². The summed E-state index contributed by atoms with van der Waals surface area (Å²) >= 11 is 0. The number of hydrogen-bond donors (Lipinski definition) is 0. The van der Waals surface area contributed by atoms with Crippen molar-refractivity contribution < 1.29 is 0 Å². The molecule has 0 aliphatic heterocycles. The molecule has 0 radical (unpaired) electrons. The summed E-state index contributed by atoms with van der Waals surface area (Å²) in [5.41, 5.74) is 22.6. The first-order valence-electron chi connectivity index (χ1n) is 29.5. The van der Waals surface area contributed by atoms with Crippen LogP contribution in [0.2, 0.25) is 0 Å². The van der Waals surface area contributed by atoms with Gasteiger partial charge in [0.25, 0.3) is 0 Å². The van der Waals surface area contributed by atoms with Gasteiger partial charge in [-0.2, -0.15) is 0 Å². The molecular weight excluding hydrogens is 1040 g/mol. The molecule has 0 aliphatic carbocycles. The Hall–Kier alpha value is -11.5. The Morgan fingerprint density at radius 1 is 0.186 bits per heavy atom. The summed E-state index contributed by atoms with van der Waals surface area (Å²) in [6.07, 6.45) is 0. The van der Waals surface area contributed by atoms with E-state index < -0.39 is 0 Å². The first-order valence-corrected chi connectivity index (χ1v) is 29.5. The average Bonchev–Trinajstić information content (AvgIpc) is 1.86. The second-order valence-corrected chi connectivity index (χ2v) is 22.0. The van der Waals surface area contributed by atoms with Gasteiger partial charge < -0.3 is 18.9 Å². The number of nitrogens with zero attached hydrogens (tertiary/aromatic N) is 4. The van der Waals surface area contributed by atoms with Gasteiger partial charge >= 0.3 is 0 Å². The molecule has 16 rings (SSSR count). The molecule has 14 aromatic carbocycles. The maximum absolute atomic E-state index is 2.42. The quantitative estimate of drug-likeness (QED) is 0.121. The van der Waals surface area contributed by atoms with Crippen LogP contribution >= 0.6 is 0 Å². The second kappa shape index (κ2) is 21.4. The van der Waals surface area contributed by atoms with Crippen molar-refractivity contribution in [2.45, 2.75) is 0 Å². The number of aromatic nitrogens is 2. The molecule has 0 spiro atoms. The van der Waals surface area contributed by atoms with Crippen molar-refractivity contribution >= 4 is 88.5 Å². The van der Waals surface area contributed by atoms with Gasteiger partial charge in [-0.15, -0.1) is 0 Å². The largest absolute Gasteiger partial charge is 0.310 e. The van der Waals surface area contributed by atoms with Crippen LogP contribution in [-0.4, -0.2) is 9.13 Å². The Morgan fingerprint density at radius 3 is 0.814 bits per heavy atom. The third kappa shape index (κ3) is 8.70. The Bertz CT molecular complexity index is 4740. The minimum atomic E-state index is 1.08. The van der Waals surface area contributed by atoms with Crippen LogP contribution in [0.15, 0.2) is 340 Å². The summed E-state index contributed by atoms with van der Waals surface area (Å²) in [6, 6.07) is 124. The number of para-hydroxylation sites is 8. The van der Waals surface area contributed by atoms with E-state index in [1.807, 2.05) is 0 Å². The zero-order valence-corrected chi connectivity index (χ0v) is 47.1. The fourth-order valence-corrected chi connectivity index (χ4v) is 13.2. The van der Waals surface area contributed by atoms with Crippen LogP contribution < -0.4 is 9.80 Å². The van der Waals surface area contributed by atoms with E-state index in [1.54, 1.807) is 0 Å². The van der Waals surface area contributed by atoms with Gasteiger partial charge in [0.1, 0.15) is 0 Å². The smallest absolute Gasteiger partial charge is 0.0546 e. The minimum absolute atomic E-state index is 1.08. The Labute approximate surface area is 500 Å². The highest BCUT2D eigenvalue weighted by Gasteiger charge is 2.24. The van der Waals surface area contributed by atoms with E-state index in [4.69, 9.17) is 0 Å². The molecule has 404 valence electrons. The van der Waals surface area contributed by atoms with Gasteiger partial charge in [-0.1, -0.05) is 218 Å². The Morgan fingerprint density at radius 2 is 0.453 bits per heavy atom. The number of fused-ring (bicyclic) bond motifs is 7. The lowest BCUT2D eigenvalue weighted by atomic mass is 9.89. The summed E-state index contributed by atoms with van der Waals surface area (Å²) in [7, 11) is 0. The molecule has 4 heteroatoms. The zero-order chi connectivity index (χ0) is 56.9. The highest BCUT2D eigenvalue weighted by molar-refractivity contribution is 6.13. The van der Waals surface area contributed by atoms with Crippen molar-refractivity contribution in [3.63, 3.8) is 0 Å². The monoisotopic (exact) mass is 1100 g/mol. The van der Waals surface area contributed by atoms with E-state index in [1.165, 1.54) is 54.4 Å². The van der Waals surface area contributed by atoms with Crippen molar-refractivity contribution in [2.75, 3.05) is 9.80 Å². The van der Waals surface area contributed by atoms with E-state index in [2.05, 4.69) is 359 Å². The van der Waals surface area contributed by atoms with Crippen LogP contribution in [0.3, 0.4) is 0 Å². The van der Waals surface area contributed by atoms with Crippen LogP contribution in [0.5, 0.6) is 0 Å². The highest BCUT2D eigenvalue weighted by Crippen LogP contribution is 2.49. The fourth-order valence-electron chi connectivity index (χ4n) is 13.2. The van der Waals surface area contributed by atoms with Gasteiger partial charge in [-0.05, 0) is 165 Å². The number of benzene rings is 14. The molecule has 0 aliphatic rings. The van der Waals surface area contributed by atoms with Crippen molar-refractivity contribution in [1.82, 2.24) is 9.13 Å². The molecule has 0 saturated heterocycles. The molecule has 0 saturated carbocycles. The van der Waals surface area contributed by atoms with Gasteiger partial charge in [0.05, 0.1) is 33.4 Å². The number of anilines is 6. The summed E-state index contributed by atoms with van der Waals surface area (Å²) in [5, 5.41) is 7.23. The average molecular weight is 1100 g/mol. The van der Waals surface area contributed by atoms with E-state index >= 15 is 0 Å². The molecule has 0 unspecified atom stereocenters. The maximum Gasteiger partial charge on any atom is 0.0546 e. The molecule has 86 heavy (non-hydrogen) atoms. The molecule has 4 nitrogen and oxygen atoms in total. The lowest BCUT2D eigenvalue weighted by Gasteiger charge is -2.29. The molecule has 2 heterocycles. The van der Waals surface area contributed by atoms with Gasteiger partial charge in [0.15, 0.2) is 0 Å². The van der Waals surface area contributed by atoms with E-state index in [0.29, 0.717) is 0 Å². The van der Waals surface area contributed by atoms with Crippen LogP contribution in [0.1, 0.15) is 0 Å². The van der Waals surface area contributed by atoms with Gasteiger partial charge in [-0.3, -0.25) is 0 Å². The topological polar surface area (TPSA) is 16.3 Å². The summed E-state index contributed by atoms with van der Waals surface area (Å²) in [4.78, 5) is 4.83. The molecule has 2 aromatic heterocycles. The summed E-state index contributed by atoms with van der Waals surface area (Å²) in [6.45, 7) is 0. The standard InChI is InChI=1S/C82H56N4/c1-7-25-61(26-8-1)83(62-27-9-2-10-28-62)81-55-59(43-47-69(81)57-45-51-79-75(53-57)73-39-21-23-41-77(73)85(79)65-33-15-5-16-34-65)67-49-50-68(72-38-20-19-37-71(67)72)60-44-48-70(82(56-60)84(63-29-11-3-12-30-63)64-31-13-4-14-32-64)58-46-52-80-76(54-58)74-40-22-24-42-78(74)86(80)66-35-17-6-18-36-66/h1-56H. The highest BCUT2D eigenvalue weighted by atomic mass is 15.2. The number of rotatable bonds is 12. The van der Waals surface area contributed by atoms with Crippen molar-refractivity contribution in [3.05, 3.63) is 340 Å². The molecule has 0 N–H and O–H groups in total. The first kappa shape index (κ1) is 50.3. The zero-order valence-electron chi connectivity index (χ0n) is 47.1. The summed E-state index contributed by atoms with van der Waals surface area (Å²) < 4.78 is 4.77. The van der Waals surface area contributed by atoms with Crippen LogP contribution in [-0.2, 0) is 0 Å². The minimum Gasteiger partial charge on any atom is -0.310 e. The third-order valence-corrected chi connectivity index (χ3v) is 17.1. The van der Waals surface area contributed by atoms with Gasteiger partial charge in [-0.25, -0.2) is 0 Å². The predicted molar refractivity (Wildman–Crippen MR) is 364 cm³/mol. The van der Waals surface area contributed by atoms with Crippen molar-refractivity contribution in [2.24, 2.45) is 0 Å². The lowest BCUT2D eigenvalue weighted by Crippen LogP contribution is -2.11. The van der Waals surface area contributed by atoms with E-state index in [0.717, 1.165) is 90.0 Å². The molecule has 0 atom stereocenters. The Kier molecular flexibility index (Phi) is 12.5. The summed E-state index contributed by atoms with van der Waals surface area (Å²) in [5.74, 6) is 0.